The fourth-order valence-corrected chi connectivity index (χ4v) is 3.17. The molecule has 0 radical (unpaired) electrons. The van der Waals surface area contributed by atoms with Gasteiger partial charge in [-0.05, 0) is 26.7 Å². The van der Waals surface area contributed by atoms with Gasteiger partial charge in [0.15, 0.2) is 0 Å². The van der Waals surface area contributed by atoms with Gasteiger partial charge in [-0.3, -0.25) is 4.90 Å². The van der Waals surface area contributed by atoms with E-state index >= 15 is 0 Å². The van der Waals surface area contributed by atoms with Crippen LogP contribution in [0.4, 0.5) is 4.79 Å². The van der Waals surface area contributed by atoms with E-state index in [2.05, 4.69) is 28.8 Å². The van der Waals surface area contributed by atoms with Gasteiger partial charge in [0.25, 0.3) is 0 Å². The van der Waals surface area contributed by atoms with Crippen LogP contribution in [0, 0.1) is 0 Å². The minimum Gasteiger partial charge on any atom is -0.372 e. The third-order valence-corrected chi connectivity index (χ3v) is 4.57. The molecule has 0 saturated carbocycles. The lowest BCUT2D eigenvalue weighted by molar-refractivity contribution is -0.137. The first-order valence-corrected chi connectivity index (χ1v) is 7.62. The maximum Gasteiger partial charge on any atom is 0.346 e. The number of morpholine rings is 1. The predicted molar refractivity (Wildman–Crippen MR) is 77.0 cm³/mol. The summed E-state index contributed by atoms with van der Waals surface area (Å²) in [5.74, 6) is 0. The largest absolute Gasteiger partial charge is 0.372 e. The molecule has 3 heterocycles. The Labute approximate surface area is 124 Å². The smallest absolute Gasteiger partial charge is 0.346 e. The highest BCUT2D eigenvalue weighted by Crippen LogP contribution is 2.31. The highest BCUT2D eigenvalue weighted by Gasteiger charge is 2.41. The number of rotatable bonds is 1. The van der Waals surface area contributed by atoms with E-state index in [9.17, 15) is 4.79 Å². The Morgan fingerprint density at radius 2 is 2.05 bits per heavy atom. The van der Waals surface area contributed by atoms with Gasteiger partial charge in [0, 0.05) is 32.2 Å². The molecular formula is C14H23N5O2. The summed E-state index contributed by atoms with van der Waals surface area (Å²) in [5.41, 5.74) is -0.0817. The highest BCUT2D eigenvalue weighted by atomic mass is 16.5. The van der Waals surface area contributed by atoms with E-state index in [0.29, 0.717) is 19.1 Å². The quantitative estimate of drug-likeness (QED) is 0.767. The second-order valence-corrected chi connectivity index (χ2v) is 6.21. The van der Waals surface area contributed by atoms with Gasteiger partial charge in [-0.25, -0.2) is 9.78 Å². The number of piperidine rings is 1. The second-order valence-electron chi connectivity index (χ2n) is 6.21. The molecule has 3 rings (SSSR count). The number of hydrogen-bond acceptors (Lipinski definition) is 5. The molecule has 2 fully saturated rings. The van der Waals surface area contributed by atoms with Crippen molar-refractivity contribution in [2.45, 2.75) is 38.3 Å². The van der Waals surface area contributed by atoms with E-state index in [1.165, 1.54) is 17.3 Å². The number of aromatic nitrogens is 3. The van der Waals surface area contributed by atoms with Crippen molar-refractivity contribution in [3.05, 3.63) is 12.7 Å². The number of ether oxygens (including phenoxy) is 1. The lowest BCUT2D eigenvalue weighted by Crippen LogP contribution is -2.59. The summed E-state index contributed by atoms with van der Waals surface area (Å²) in [6, 6.07) is 0.444. The average Bonchev–Trinajstić information content (AvgIpc) is 3.02. The number of carbonyl (C=O) groups is 1. The van der Waals surface area contributed by atoms with E-state index in [1.54, 1.807) is 0 Å². The monoisotopic (exact) mass is 293 g/mol. The van der Waals surface area contributed by atoms with Crippen LogP contribution < -0.4 is 0 Å². The van der Waals surface area contributed by atoms with Crippen molar-refractivity contribution in [2.75, 3.05) is 32.8 Å². The second kappa shape index (κ2) is 5.73. The van der Waals surface area contributed by atoms with E-state index in [1.807, 2.05) is 4.90 Å². The maximum absolute atomic E-state index is 12.2. The fraction of sp³-hybridized carbons (Fsp3) is 0.786. The molecule has 0 aliphatic carbocycles. The van der Waals surface area contributed by atoms with Crippen LogP contribution in [0.5, 0.6) is 0 Å². The van der Waals surface area contributed by atoms with Crippen molar-refractivity contribution in [2.24, 2.45) is 0 Å². The first-order valence-electron chi connectivity index (χ1n) is 7.62. The van der Waals surface area contributed by atoms with Crippen LogP contribution in [0.3, 0.4) is 0 Å². The molecule has 116 valence electrons. The third kappa shape index (κ3) is 2.94. The third-order valence-electron chi connectivity index (χ3n) is 4.57. The Balaban J connectivity index is 1.61. The molecule has 7 nitrogen and oxygen atoms in total. The minimum absolute atomic E-state index is 0.0817. The Kier molecular flexibility index (Phi) is 3.95. The number of hydrogen-bond donors (Lipinski definition) is 0. The zero-order valence-electron chi connectivity index (χ0n) is 12.7. The lowest BCUT2D eigenvalue weighted by atomic mass is 9.89. The van der Waals surface area contributed by atoms with Gasteiger partial charge in [0.05, 0.1) is 12.2 Å². The van der Waals surface area contributed by atoms with Gasteiger partial charge < -0.3 is 9.64 Å². The van der Waals surface area contributed by atoms with E-state index < -0.39 is 0 Å². The van der Waals surface area contributed by atoms with Crippen molar-refractivity contribution in [1.29, 1.82) is 0 Å². The molecule has 21 heavy (non-hydrogen) atoms. The van der Waals surface area contributed by atoms with Crippen LogP contribution in [-0.2, 0) is 4.74 Å². The Bertz CT molecular complexity index is 480. The topological polar surface area (TPSA) is 63.5 Å². The predicted octanol–water partition coefficient (Wildman–Crippen LogP) is 0.821. The molecule has 7 heteroatoms. The van der Waals surface area contributed by atoms with Crippen molar-refractivity contribution < 1.29 is 9.53 Å². The highest BCUT2D eigenvalue weighted by molar-refractivity contribution is 5.75. The Hall–Kier alpha value is -1.47. The van der Waals surface area contributed by atoms with Gasteiger partial charge in [0.2, 0.25) is 0 Å². The van der Waals surface area contributed by atoms with Crippen molar-refractivity contribution in [1.82, 2.24) is 24.6 Å². The van der Waals surface area contributed by atoms with Crippen molar-refractivity contribution in [3.63, 3.8) is 0 Å². The summed E-state index contributed by atoms with van der Waals surface area (Å²) in [7, 11) is 0. The van der Waals surface area contributed by atoms with E-state index in [4.69, 9.17) is 4.74 Å². The van der Waals surface area contributed by atoms with Gasteiger partial charge >= 0.3 is 6.03 Å². The van der Waals surface area contributed by atoms with Gasteiger partial charge in [-0.2, -0.15) is 9.78 Å². The van der Waals surface area contributed by atoms with Crippen LogP contribution in [0.1, 0.15) is 26.7 Å². The fourth-order valence-electron chi connectivity index (χ4n) is 3.17. The summed E-state index contributed by atoms with van der Waals surface area (Å²) in [6.45, 7) is 8.63. The number of nitrogens with zero attached hydrogens (tertiary/aromatic N) is 5. The Morgan fingerprint density at radius 3 is 2.67 bits per heavy atom. The van der Waals surface area contributed by atoms with Gasteiger partial charge in [0.1, 0.15) is 12.7 Å². The van der Waals surface area contributed by atoms with Crippen molar-refractivity contribution >= 4 is 6.03 Å². The van der Waals surface area contributed by atoms with Crippen LogP contribution in [0.2, 0.25) is 0 Å². The number of carbonyl (C=O) groups excluding carboxylic acids is 1. The SMILES string of the molecule is CC(C)N1CCOC2(CCN(C(=O)n3cncn3)CC2)C1. The molecule has 0 bridgehead atoms. The first kappa shape index (κ1) is 14.5. The number of likely N-dealkylation sites (tertiary alicyclic amines) is 1. The van der Waals surface area contributed by atoms with Crippen LogP contribution in [0.25, 0.3) is 0 Å². The zero-order valence-corrected chi connectivity index (χ0v) is 12.7. The molecule has 0 N–H and O–H groups in total. The van der Waals surface area contributed by atoms with Crippen LogP contribution >= 0.6 is 0 Å². The summed E-state index contributed by atoms with van der Waals surface area (Å²) >= 11 is 0. The minimum atomic E-state index is -0.0983. The molecule has 1 spiro atoms. The molecule has 1 aromatic heterocycles. The van der Waals surface area contributed by atoms with Crippen LogP contribution in [-0.4, -0.2) is 75.0 Å². The van der Waals surface area contributed by atoms with Crippen LogP contribution in [0.15, 0.2) is 12.7 Å². The van der Waals surface area contributed by atoms with E-state index in [0.717, 1.165) is 32.5 Å². The normalized spacial score (nSPS) is 22.9. The molecule has 0 aromatic carbocycles. The summed E-state index contributed by atoms with van der Waals surface area (Å²) in [4.78, 5) is 20.4. The molecule has 0 atom stereocenters. The standard InChI is InChI=1S/C14H23N5O2/c1-12(2)18-7-8-21-14(9-18)3-5-17(6-4-14)13(20)19-11-15-10-16-19/h10-12H,3-9H2,1-2H3. The van der Waals surface area contributed by atoms with Crippen molar-refractivity contribution in [3.8, 4) is 0 Å². The molecule has 2 saturated heterocycles. The molecule has 0 unspecified atom stereocenters. The Morgan fingerprint density at radius 1 is 1.29 bits per heavy atom. The summed E-state index contributed by atoms with van der Waals surface area (Å²) in [6.07, 6.45) is 4.60. The molecule has 2 aliphatic rings. The molecular weight excluding hydrogens is 270 g/mol. The van der Waals surface area contributed by atoms with E-state index in [-0.39, 0.29) is 11.6 Å². The van der Waals surface area contributed by atoms with Gasteiger partial charge in [-0.1, -0.05) is 0 Å². The average molecular weight is 293 g/mol. The summed E-state index contributed by atoms with van der Waals surface area (Å²) < 4.78 is 7.38. The number of amides is 1. The molecule has 1 aromatic rings. The summed E-state index contributed by atoms with van der Waals surface area (Å²) in [5, 5.41) is 3.91. The molecule has 1 amide bonds. The maximum atomic E-state index is 12.2. The lowest BCUT2D eigenvalue weighted by Gasteiger charge is -2.48. The first-order chi connectivity index (χ1) is 10.1. The van der Waals surface area contributed by atoms with Gasteiger partial charge in [-0.15, -0.1) is 0 Å². The zero-order chi connectivity index (χ0) is 14.9. The molecule has 2 aliphatic heterocycles.